The van der Waals surface area contributed by atoms with Gasteiger partial charge in [-0.3, -0.25) is 9.20 Å². The van der Waals surface area contributed by atoms with Gasteiger partial charge in [0.1, 0.15) is 0 Å². The Labute approximate surface area is 80.0 Å². The highest BCUT2D eigenvalue weighted by Gasteiger charge is 2.11. The summed E-state index contributed by atoms with van der Waals surface area (Å²) in [5, 5.41) is 7.67. The summed E-state index contributed by atoms with van der Waals surface area (Å²) in [5.41, 5.74) is 5.81. The molecule has 2 rings (SSSR count). The fourth-order valence-corrected chi connectivity index (χ4v) is 1.30. The van der Waals surface area contributed by atoms with Crippen LogP contribution >= 0.6 is 0 Å². The Hall–Kier alpha value is -1.69. The fourth-order valence-electron chi connectivity index (χ4n) is 1.30. The van der Waals surface area contributed by atoms with E-state index in [1.165, 1.54) is 4.57 Å². The zero-order valence-electron chi connectivity index (χ0n) is 8.01. The van der Waals surface area contributed by atoms with E-state index in [2.05, 4.69) is 10.2 Å². The van der Waals surface area contributed by atoms with E-state index in [1.807, 2.05) is 0 Å². The van der Waals surface area contributed by atoms with Crippen molar-refractivity contribution in [2.75, 3.05) is 0 Å². The highest BCUT2D eigenvalue weighted by molar-refractivity contribution is 5.34. The number of nitrogens with zero attached hydrogens (tertiary/aromatic N) is 4. The molecule has 0 aromatic carbocycles. The predicted molar refractivity (Wildman–Crippen MR) is 50.8 cm³/mol. The van der Waals surface area contributed by atoms with Gasteiger partial charge in [0, 0.05) is 19.4 Å². The van der Waals surface area contributed by atoms with E-state index >= 15 is 0 Å². The van der Waals surface area contributed by atoms with Crippen LogP contribution in [0.3, 0.4) is 0 Å². The minimum atomic E-state index is -0.239. The zero-order chi connectivity index (χ0) is 10.3. The Bertz CT molecular complexity index is 524. The van der Waals surface area contributed by atoms with Gasteiger partial charge in [-0.15, -0.1) is 10.2 Å². The zero-order valence-corrected chi connectivity index (χ0v) is 8.01. The maximum absolute atomic E-state index is 11.6. The molecule has 0 aliphatic heterocycles. The molecule has 0 amide bonds. The lowest BCUT2D eigenvalue weighted by Crippen LogP contribution is -2.19. The molecule has 0 fully saturated rings. The first-order chi connectivity index (χ1) is 6.61. The maximum atomic E-state index is 11.6. The summed E-state index contributed by atoms with van der Waals surface area (Å²) in [5.74, 6) is 0.595. The third-order valence-electron chi connectivity index (χ3n) is 2.08. The molecule has 0 radical (unpaired) electrons. The lowest BCUT2D eigenvalue weighted by Gasteiger charge is -2.02. The van der Waals surface area contributed by atoms with Crippen molar-refractivity contribution in [1.82, 2.24) is 19.2 Å². The first-order valence-corrected chi connectivity index (χ1v) is 4.27. The molecule has 0 aliphatic carbocycles. The number of rotatable bonds is 1. The second-order valence-electron chi connectivity index (χ2n) is 3.25. The van der Waals surface area contributed by atoms with E-state index in [1.54, 1.807) is 30.8 Å². The highest BCUT2D eigenvalue weighted by Crippen LogP contribution is 2.05. The average molecular weight is 193 g/mol. The molecule has 0 aliphatic rings. The van der Waals surface area contributed by atoms with E-state index in [4.69, 9.17) is 5.73 Å². The van der Waals surface area contributed by atoms with Gasteiger partial charge < -0.3 is 10.3 Å². The van der Waals surface area contributed by atoms with Crippen molar-refractivity contribution in [3.8, 4) is 0 Å². The third kappa shape index (κ3) is 1.12. The fraction of sp³-hybridized carbons (Fsp3) is 0.375. The summed E-state index contributed by atoms with van der Waals surface area (Å²) in [6, 6.07) is -0.239. The number of fused-ring (bicyclic) bond motifs is 1. The second-order valence-corrected chi connectivity index (χ2v) is 3.25. The van der Waals surface area contributed by atoms with Crippen LogP contribution in [0.1, 0.15) is 18.8 Å². The van der Waals surface area contributed by atoms with E-state index in [-0.39, 0.29) is 11.6 Å². The monoisotopic (exact) mass is 193 g/mol. The number of hydrogen-bond acceptors (Lipinski definition) is 4. The smallest absolute Gasteiger partial charge is 0.295 e. The summed E-state index contributed by atoms with van der Waals surface area (Å²) >= 11 is 0. The minimum absolute atomic E-state index is 0.174. The van der Waals surface area contributed by atoms with Crippen LogP contribution in [0.2, 0.25) is 0 Å². The molecule has 2 aromatic heterocycles. The van der Waals surface area contributed by atoms with Gasteiger partial charge in [-0.25, -0.2) is 0 Å². The SMILES string of the molecule is CC(N)c1nnc2c(=O)n(C)ccn12. The normalized spacial score (nSPS) is 13.4. The van der Waals surface area contributed by atoms with Gasteiger partial charge in [0.25, 0.3) is 5.56 Å². The number of aryl methyl sites for hydroxylation is 1. The van der Waals surface area contributed by atoms with Gasteiger partial charge >= 0.3 is 0 Å². The van der Waals surface area contributed by atoms with Crippen molar-refractivity contribution in [2.24, 2.45) is 12.8 Å². The quantitative estimate of drug-likeness (QED) is 0.659. The van der Waals surface area contributed by atoms with Crippen LogP contribution in [0.4, 0.5) is 0 Å². The Morgan fingerprint density at radius 3 is 2.79 bits per heavy atom. The molecule has 2 aromatic rings. The van der Waals surface area contributed by atoms with Crippen LogP contribution in [0.25, 0.3) is 5.65 Å². The van der Waals surface area contributed by atoms with Crippen LogP contribution in [-0.2, 0) is 7.05 Å². The molecule has 14 heavy (non-hydrogen) atoms. The van der Waals surface area contributed by atoms with Gasteiger partial charge in [0.05, 0.1) is 6.04 Å². The molecular formula is C8H11N5O. The molecule has 0 bridgehead atoms. The van der Waals surface area contributed by atoms with Crippen molar-refractivity contribution in [3.05, 3.63) is 28.6 Å². The topological polar surface area (TPSA) is 78.2 Å². The second kappa shape index (κ2) is 2.91. The summed E-state index contributed by atoms with van der Waals surface area (Å²) in [7, 11) is 1.67. The molecule has 1 atom stereocenters. The molecule has 2 heterocycles. The highest BCUT2D eigenvalue weighted by atomic mass is 16.1. The van der Waals surface area contributed by atoms with Crippen LogP contribution in [0.15, 0.2) is 17.2 Å². The summed E-state index contributed by atoms with van der Waals surface area (Å²) in [6.45, 7) is 1.80. The molecule has 6 nitrogen and oxygen atoms in total. The summed E-state index contributed by atoms with van der Waals surface area (Å²) in [4.78, 5) is 11.6. The first-order valence-electron chi connectivity index (χ1n) is 4.27. The molecule has 0 saturated heterocycles. The van der Waals surface area contributed by atoms with Gasteiger partial charge in [-0.2, -0.15) is 0 Å². The van der Waals surface area contributed by atoms with Crippen molar-refractivity contribution >= 4 is 5.65 Å². The molecule has 74 valence electrons. The van der Waals surface area contributed by atoms with E-state index < -0.39 is 0 Å². The summed E-state index contributed by atoms with van der Waals surface area (Å²) < 4.78 is 3.07. The molecule has 0 spiro atoms. The van der Waals surface area contributed by atoms with Gasteiger partial charge in [0.2, 0.25) is 5.65 Å². The third-order valence-corrected chi connectivity index (χ3v) is 2.08. The lowest BCUT2D eigenvalue weighted by atomic mass is 10.3. The molecule has 6 heteroatoms. The number of nitrogens with two attached hydrogens (primary N) is 1. The lowest BCUT2D eigenvalue weighted by molar-refractivity contribution is 0.721. The van der Waals surface area contributed by atoms with Gasteiger partial charge in [0.15, 0.2) is 5.82 Å². The van der Waals surface area contributed by atoms with Crippen molar-refractivity contribution in [3.63, 3.8) is 0 Å². The molecule has 0 saturated carbocycles. The Morgan fingerprint density at radius 1 is 1.43 bits per heavy atom. The molecule has 2 N–H and O–H groups in total. The standard InChI is InChI=1S/C8H11N5O/c1-5(9)6-10-11-7-8(14)12(2)3-4-13(6)7/h3-5H,9H2,1-2H3. The van der Waals surface area contributed by atoms with Crippen LogP contribution in [-0.4, -0.2) is 19.2 Å². The van der Waals surface area contributed by atoms with Crippen molar-refractivity contribution < 1.29 is 0 Å². The van der Waals surface area contributed by atoms with Crippen molar-refractivity contribution in [2.45, 2.75) is 13.0 Å². The minimum Gasteiger partial charge on any atom is -0.322 e. The Morgan fingerprint density at radius 2 is 2.14 bits per heavy atom. The van der Waals surface area contributed by atoms with E-state index in [9.17, 15) is 4.79 Å². The van der Waals surface area contributed by atoms with Crippen LogP contribution in [0.5, 0.6) is 0 Å². The maximum Gasteiger partial charge on any atom is 0.295 e. The van der Waals surface area contributed by atoms with Crippen LogP contribution in [0, 0.1) is 0 Å². The number of aromatic nitrogens is 4. The average Bonchev–Trinajstić information content (AvgIpc) is 2.55. The van der Waals surface area contributed by atoms with Crippen LogP contribution < -0.4 is 11.3 Å². The van der Waals surface area contributed by atoms with Gasteiger partial charge in [-0.1, -0.05) is 0 Å². The predicted octanol–water partition coefficient (Wildman–Crippen LogP) is -0.552. The number of hydrogen-bond donors (Lipinski definition) is 1. The Balaban J connectivity index is 2.84. The van der Waals surface area contributed by atoms with E-state index in [0.29, 0.717) is 11.5 Å². The largest absolute Gasteiger partial charge is 0.322 e. The summed E-state index contributed by atoms with van der Waals surface area (Å²) in [6.07, 6.45) is 3.39. The molecule has 1 unspecified atom stereocenters. The van der Waals surface area contributed by atoms with Gasteiger partial charge in [-0.05, 0) is 6.92 Å². The van der Waals surface area contributed by atoms with E-state index in [0.717, 1.165) is 0 Å². The van der Waals surface area contributed by atoms with Crippen molar-refractivity contribution in [1.29, 1.82) is 0 Å². The first kappa shape index (κ1) is 8.89. The molecular weight excluding hydrogens is 182 g/mol. The Kier molecular flexibility index (Phi) is 1.85.